The van der Waals surface area contributed by atoms with Crippen molar-refractivity contribution in [3.8, 4) is 11.5 Å². The summed E-state index contributed by atoms with van der Waals surface area (Å²) < 4.78 is 5.92. The molecule has 2 aromatic carbocycles. The summed E-state index contributed by atoms with van der Waals surface area (Å²) in [4.78, 5) is 0. The lowest BCUT2D eigenvalue weighted by atomic mass is 10.1. The molecular formula is C18H21NO2. The fourth-order valence-corrected chi connectivity index (χ4v) is 2.28. The lowest BCUT2D eigenvalue weighted by Gasteiger charge is -2.11. The van der Waals surface area contributed by atoms with Gasteiger partial charge in [-0.25, -0.2) is 0 Å². The first-order chi connectivity index (χ1) is 10.3. The molecule has 0 amide bonds. The van der Waals surface area contributed by atoms with Crippen molar-refractivity contribution in [2.24, 2.45) is 0 Å². The van der Waals surface area contributed by atoms with Crippen molar-refractivity contribution < 1.29 is 9.84 Å². The van der Waals surface area contributed by atoms with Gasteiger partial charge in [0.2, 0.25) is 0 Å². The molecule has 0 heterocycles. The average molecular weight is 283 g/mol. The smallest absolute Gasteiger partial charge is 0.130 e. The van der Waals surface area contributed by atoms with Gasteiger partial charge in [0.25, 0.3) is 0 Å². The number of ether oxygens (including phenoxy) is 1. The maximum atomic E-state index is 9.09. The Morgan fingerprint density at radius 3 is 2.52 bits per heavy atom. The van der Waals surface area contributed by atoms with Crippen LogP contribution < -0.4 is 10.1 Å². The van der Waals surface area contributed by atoms with E-state index in [2.05, 4.69) is 17.4 Å². The van der Waals surface area contributed by atoms with Gasteiger partial charge in [0.05, 0.1) is 0 Å². The molecule has 1 fully saturated rings. The summed E-state index contributed by atoms with van der Waals surface area (Å²) >= 11 is 0. The summed E-state index contributed by atoms with van der Waals surface area (Å²) in [6.45, 7) is 1.05. The average Bonchev–Trinajstić information content (AvgIpc) is 3.33. The molecule has 0 bridgehead atoms. The van der Waals surface area contributed by atoms with E-state index in [4.69, 9.17) is 9.84 Å². The number of aliphatic hydroxyl groups excluding tert-OH is 1. The second kappa shape index (κ2) is 6.74. The Bertz CT molecular complexity index is 576. The molecule has 0 aliphatic heterocycles. The van der Waals surface area contributed by atoms with Crippen LogP contribution in [0, 0.1) is 0 Å². The molecule has 1 aliphatic rings. The second-order valence-corrected chi connectivity index (χ2v) is 5.48. The highest BCUT2D eigenvalue weighted by atomic mass is 16.5. The van der Waals surface area contributed by atoms with Crippen LogP contribution in [0.5, 0.6) is 11.5 Å². The predicted octanol–water partition coefficient (Wildman–Crippen LogP) is 3.27. The van der Waals surface area contributed by atoms with Gasteiger partial charge in [-0.1, -0.05) is 30.3 Å². The first kappa shape index (κ1) is 14.1. The summed E-state index contributed by atoms with van der Waals surface area (Å²) in [6.07, 6.45) is 3.23. The highest BCUT2D eigenvalue weighted by Gasteiger charge is 2.19. The lowest BCUT2D eigenvalue weighted by molar-refractivity contribution is 0.298. The van der Waals surface area contributed by atoms with Crippen molar-refractivity contribution >= 4 is 0 Å². The maximum absolute atomic E-state index is 9.09. The number of aliphatic hydroxyl groups is 1. The van der Waals surface area contributed by atoms with E-state index >= 15 is 0 Å². The van der Waals surface area contributed by atoms with Crippen molar-refractivity contribution in [3.05, 3.63) is 59.7 Å². The van der Waals surface area contributed by atoms with Gasteiger partial charge in [-0.05, 0) is 48.6 Å². The molecule has 0 spiro atoms. The Balaban J connectivity index is 1.64. The number of benzene rings is 2. The van der Waals surface area contributed by atoms with Crippen molar-refractivity contribution in [2.75, 3.05) is 6.61 Å². The van der Waals surface area contributed by atoms with Crippen LogP contribution in [0.2, 0.25) is 0 Å². The summed E-state index contributed by atoms with van der Waals surface area (Å²) in [5.74, 6) is 1.64. The monoisotopic (exact) mass is 283 g/mol. The fraction of sp³-hybridized carbons (Fsp3) is 0.333. The normalized spacial score (nSPS) is 14.1. The van der Waals surface area contributed by atoms with Crippen LogP contribution in [-0.4, -0.2) is 17.8 Å². The van der Waals surface area contributed by atoms with Crippen LogP contribution in [0.15, 0.2) is 48.5 Å². The lowest BCUT2D eigenvalue weighted by Crippen LogP contribution is -2.14. The van der Waals surface area contributed by atoms with Crippen LogP contribution >= 0.6 is 0 Å². The van der Waals surface area contributed by atoms with Gasteiger partial charge < -0.3 is 15.2 Å². The Hall–Kier alpha value is -1.84. The number of rotatable bonds is 7. The minimum Gasteiger partial charge on any atom is -0.457 e. The minimum atomic E-state index is 0.131. The number of para-hydroxylation sites is 1. The Kier molecular flexibility index (Phi) is 4.53. The quantitative estimate of drug-likeness (QED) is 0.819. The molecule has 0 atom stereocenters. The van der Waals surface area contributed by atoms with Crippen molar-refractivity contribution in [2.45, 2.75) is 31.8 Å². The highest BCUT2D eigenvalue weighted by molar-refractivity contribution is 5.38. The van der Waals surface area contributed by atoms with E-state index in [-0.39, 0.29) is 6.61 Å². The Morgan fingerprint density at radius 1 is 1.05 bits per heavy atom. The minimum absolute atomic E-state index is 0.131. The van der Waals surface area contributed by atoms with Crippen LogP contribution in [0.1, 0.15) is 24.0 Å². The molecule has 3 heteroatoms. The molecule has 21 heavy (non-hydrogen) atoms. The summed E-state index contributed by atoms with van der Waals surface area (Å²) in [6, 6.07) is 16.8. The van der Waals surface area contributed by atoms with Gasteiger partial charge in [-0.2, -0.15) is 0 Å². The SMILES string of the molecule is OCCc1ccccc1Oc1ccc(CNC2CC2)cc1. The molecule has 1 saturated carbocycles. The third-order valence-electron chi connectivity index (χ3n) is 3.68. The maximum Gasteiger partial charge on any atom is 0.130 e. The Morgan fingerprint density at radius 2 is 1.81 bits per heavy atom. The topological polar surface area (TPSA) is 41.5 Å². The Labute approximate surface area is 125 Å². The fourth-order valence-electron chi connectivity index (χ4n) is 2.28. The van der Waals surface area contributed by atoms with Gasteiger partial charge in [-0.3, -0.25) is 0 Å². The first-order valence-corrected chi connectivity index (χ1v) is 7.54. The molecule has 2 aromatic rings. The molecule has 0 aromatic heterocycles. The van der Waals surface area contributed by atoms with E-state index < -0.39 is 0 Å². The standard InChI is InChI=1S/C18H21NO2/c20-12-11-15-3-1-2-4-18(15)21-17-9-5-14(6-10-17)13-19-16-7-8-16/h1-6,9-10,16,19-20H,7-8,11-13H2. The van der Waals surface area contributed by atoms with E-state index in [1.165, 1.54) is 18.4 Å². The second-order valence-electron chi connectivity index (χ2n) is 5.48. The van der Waals surface area contributed by atoms with Crippen LogP contribution in [0.4, 0.5) is 0 Å². The van der Waals surface area contributed by atoms with E-state index in [0.717, 1.165) is 29.6 Å². The first-order valence-electron chi connectivity index (χ1n) is 7.54. The molecule has 1 aliphatic carbocycles. The van der Waals surface area contributed by atoms with Gasteiger partial charge in [-0.15, -0.1) is 0 Å². The molecule has 3 nitrogen and oxygen atoms in total. The van der Waals surface area contributed by atoms with Gasteiger partial charge >= 0.3 is 0 Å². The molecule has 3 rings (SSSR count). The third-order valence-corrected chi connectivity index (χ3v) is 3.68. The van der Waals surface area contributed by atoms with Crippen molar-refractivity contribution in [1.29, 1.82) is 0 Å². The van der Waals surface area contributed by atoms with Crippen LogP contribution in [0.25, 0.3) is 0 Å². The zero-order valence-corrected chi connectivity index (χ0v) is 12.1. The summed E-state index contributed by atoms with van der Waals surface area (Å²) in [7, 11) is 0. The molecule has 2 N–H and O–H groups in total. The zero-order valence-electron chi connectivity index (χ0n) is 12.1. The van der Waals surface area contributed by atoms with E-state index in [0.29, 0.717) is 6.42 Å². The van der Waals surface area contributed by atoms with E-state index in [1.807, 2.05) is 36.4 Å². The molecule has 0 saturated heterocycles. The summed E-state index contributed by atoms with van der Waals surface area (Å²) in [5, 5.41) is 12.6. The highest BCUT2D eigenvalue weighted by Crippen LogP contribution is 2.26. The van der Waals surface area contributed by atoms with Crippen LogP contribution in [0.3, 0.4) is 0 Å². The summed E-state index contributed by atoms with van der Waals surface area (Å²) in [5.41, 5.74) is 2.30. The molecule has 0 unspecified atom stereocenters. The number of hydrogen-bond acceptors (Lipinski definition) is 3. The van der Waals surface area contributed by atoms with Gasteiger partial charge in [0.1, 0.15) is 11.5 Å². The van der Waals surface area contributed by atoms with Crippen LogP contribution in [-0.2, 0) is 13.0 Å². The third kappa shape index (κ3) is 4.06. The van der Waals surface area contributed by atoms with Crippen molar-refractivity contribution in [3.63, 3.8) is 0 Å². The largest absolute Gasteiger partial charge is 0.457 e. The predicted molar refractivity (Wildman–Crippen MR) is 83.6 cm³/mol. The molecule has 0 radical (unpaired) electrons. The molecule has 110 valence electrons. The molecular weight excluding hydrogens is 262 g/mol. The van der Waals surface area contributed by atoms with Gasteiger partial charge in [0.15, 0.2) is 0 Å². The van der Waals surface area contributed by atoms with Crippen molar-refractivity contribution in [1.82, 2.24) is 5.32 Å². The zero-order chi connectivity index (χ0) is 14.5. The van der Waals surface area contributed by atoms with Gasteiger partial charge in [0, 0.05) is 19.2 Å². The van der Waals surface area contributed by atoms with E-state index in [9.17, 15) is 0 Å². The van der Waals surface area contributed by atoms with E-state index in [1.54, 1.807) is 0 Å². The number of hydrogen-bond donors (Lipinski definition) is 2. The number of nitrogens with one attached hydrogen (secondary N) is 1.